The van der Waals surface area contributed by atoms with Gasteiger partial charge in [0, 0.05) is 6.42 Å². The summed E-state index contributed by atoms with van der Waals surface area (Å²) in [6.07, 6.45) is 72.5. The molecule has 0 aromatic carbocycles. The molecule has 0 aliphatic carbocycles. The molecule has 0 aliphatic rings. The molecule has 0 fully saturated rings. The van der Waals surface area contributed by atoms with Gasteiger partial charge >= 0.3 is 5.97 Å². The van der Waals surface area contributed by atoms with E-state index in [4.69, 9.17) is 4.74 Å². The second kappa shape index (κ2) is 56.2. The van der Waals surface area contributed by atoms with Gasteiger partial charge in [0.2, 0.25) is 5.91 Å². The van der Waals surface area contributed by atoms with Crippen LogP contribution in [0.5, 0.6) is 0 Å². The van der Waals surface area contributed by atoms with E-state index < -0.39 is 18.2 Å². The van der Waals surface area contributed by atoms with Crippen molar-refractivity contribution in [2.75, 3.05) is 6.61 Å². The van der Waals surface area contributed by atoms with Crippen LogP contribution in [0.2, 0.25) is 0 Å². The van der Waals surface area contributed by atoms with Crippen LogP contribution in [0.15, 0.2) is 72.9 Å². The maximum Gasteiger partial charge on any atom is 0.306 e. The summed E-state index contributed by atoms with van der Waals surface area (Å²) in [5.74, 6) is -0.527. The number of hydrogen-bond acceptors (Lipinski definition) is 5. The van der Waals surface area contributed by atoms with Crippen molar-refractivity contribution in [3.8, 4) is 0 Å². The normalized spacial score (nSPS) is 13.6. The van der Waals surface area contributed by atoms with E-state index >= 15 is 0 Å². The van der Waals surface area contributed by atoms with Gasteiger partial charge in [-0.05, 0) is 96.3 Å². The van der Waals surface area contributed by atoms with Gasteiger partial charge in [0.05, 0.1) is 25.2 Å². The molecule has 6 nitrogen and oxygen atoms in total. The van der Waals surface area contributed by atoms with Crippen molar-refractivity contribution in [2.45, 2.75) is 309 Å². The number of ether oxygens (including phenoxy) is 1. The molecule has 6 heteroatoms. The summed E-state index contributed by atoms with van der Waals surface area (Å²) < 4.78 is 5.94. The second-order valence-corrected chi connectivity index (χ2v) is 20.0. The maximum absolute atomic E-state index is 13.3. The Kier molecular flexibility index (Phi) is 54.0. The molecule has 0 radical (unpaired) electrons. The predicted molar refractivity (Wildman–Crippen MR) is 301 cm³/mol. The van der Waals surface area contributed by atoms with Gasteiger partial charge in [-0.15, -0.1) is 0 Å². The molecule has 0 heterocycles. The fraction of sp³-hybridized carbons (Fsp3) is 0.778. The van der Waals surface area contributed by atoms with Crippen LogP contribution in [-0.2, 0) is 14.3 Å². The Hall–Kier alpha value is -2.70. The van der Waals surface area contributed by atoms with Gasteiger partial charge in [-0.2, -0.15) is 0 Å². The van der Waals surface area contributed by atoms with Crippen LogP contribution in [0.1, 0.15) is 290 Å². The highest BCUT2D eigenvalue weighted by atomic mass is 16.5. The molecule has 0 aromatic rings. The number of allylic oxidation sites excluding steroid dienone is 12. The first-order valence-electron chi connectivity index (χ1n) is 29.7. The van der Waals surface area contributed by atoms with Crippen molar-refractivity contribution in [2.24, 2.45) is 0 Å². The van der Waals surface area contributed by atoms with Gasteiger partial charge in [0.1, 0.15) is 6.10 Å². The minimum atomic E-state index is -0.806. The summed E-state index contributed by atoms with van der Waals surface area (Å²) in [6.45, 7) is 6.44. The number of esters is 1. The number of amides is 1. The average molecular weight is 965 g/mol. The van der Waals surface area contributed by atoms with E-state index in [0.29, 0.717) is 19.3 Å². The zero-order chi connectivity index (χ0) is 50.2. The third-order valence-corrected chi connectivity index (χ3v) is 13.3. The Morgan fingerprint density at radius 2 is 0.754 bits per heavy atom. The first-order chi connectivity index (χ1) is 34.0. The maximum atomic E-state index is 13.3. The van der Waals surface area contributed by atoms with Crippen LogP contribution in [-0.4, -0.2) is 46.9 Å². The third kappa shape index (κ3) is 51.5. The number of nitrogens with one attached hydrogen (secondary N) is 1. The van der Waals surface area contributed by atoms with Gasteiger partial charge in [0.25, 0.3) is 0 Å². The number of hydrogen-bond donors (Lipinski definition) is 3. The van der Waals surface area contributed by atoms with E-state index in [0.717, 1.165) is 77.0 Å². The Morgan fingerprint density at radius 1 is 0.420 bits per heavy atom. The molecule has 1 amide bonds. The molecule has 0 aromatic heterocycles. The molecule has 0 saturated heterocycles. The van der Waals surface area contributed by atoms with Gasteiger partial charge in [-0.3, -0.25) is 9.59 Å². The minimum Gasteiger partial charge on any atom is -0.462 e. The molecular formula is C63H113NO5. The van der Waals surface area contributed by atoms with E-state index in [1.807, 2.05) is 0 Å². The Morgan fingerprint density at radius 3 is 1.17 bits per heavy atom. The molecule has 0 aliphatic heterocycles. The number of aliphatic hydroxyl groups is 2. The molecule has 0 rings (SSSR count). The number of carbonyl (C=O) groups excluding carboxylic acids is 2. The highest BCUT2D eigenvalue weighted by Gasteiger charge is 2.24. The fourth-order valence-electron chi connectivity index (χ4n) is 8.74. The van der Waals surface area contributed by atoms with Crippen molar-refractivity contribution >= 4 is 11.9 Å². The van der Waals surface area contributed by atoms with Crippen molar-refractivity contribution < 1.29 is 24.5 Å². The van der Waals surface area contributed by atoms with Crippen LogP contribution in [0.4, 0.5) is 0 Å². The zero-order valence-electron chi connectivity index (χ0n) is 45.7. The third-order valence-electron chi connectivity index (χ3n) is 13.3. The van der Waals surface area contributed by atoms with E-state index in [2.05, 4.69) is 99.0 Å². The standard InChI is InChI=1S/C63H113NO5/c1-4-7-10-13-16-19-22-25-28-30-31-33-35-38-41-44-47-50-53-56-63(68)69-59(54-51-48-45-42-39-36-34-32-29-26-23-20-17-14-11-8-5-2)57-62(67)64-60(58-65)61(66)55-52-49-46-43-40-37-27-24-21-18-15-12-9-6-3/h16-17,19-20,25-26,28-29,34,36,42,45,59-61,65-66H,4-15,18,21-24,27,30-33,35,37-41,43-44,46-58H2,1-3H3,(H,64,67)/b19-16-,20-17-,28-25-,29-26-,36-34-,45-42-. The van der Waals surface area contributed by atoms with Gasteiger partial charge < -0.3 is 20.3 Å². The van der Waals surface area contributed by atoms with Crippen LogP contribution >= 0.6 is 0 Å². The number of aliphatic hydroxyl groups excluding tert-OH is 2. The molecule has 3 atom stereocenters. The lowest BCUT2D eigenvalue weighted by Crippen LogP contribution is -2.46. The quantitative estimate of drug-likeness (QED) is 0.0321. The van der Waals surface area contributed by atoms with Crippen LogP contribution in [0, 0.1) is 0 Å². The monoisotopic (exact) mass is 964 g/mol. The fourth-order valence-corrected chi connectivity index (χ4v) is 8.74. The Balaban J connectivity index is 4.65. The van der Waals surface area contributed by atoms with Gasteiger partial charge in [-0.25, -0.2) is 0 Å². The average Bonchev–Trinajstić information content (AvgIpc) is 3.34. The lowest BCUT2D eigenvalue weighted by molar-refractivity contribution is -0.151. The molecule has 0 spiro atoms. The van der Waals surface area contributed by atoms with Gasteiger partial charge in [-0.1, -0.05) is 254 Å². The second-order valence-electron chi connectivity index (χ2n) is 20.0. The molecule has 0 saturated carbocycles. The molecule has 400 valence electrons. The highest BCUT2D eigenvalue weighted by Crippen LogP contribution is 2.18. The number of carbonyl (C=O) groups is 2. The lowest BCUT2D eigenvalue weighted by Gasteiger charge is -2.24. The van der Waals surface area contributed by atoms with E-state index in [9.17, 15) is 19.8 Å². The van der Waals surface area contributed by atoms with Crippen LogP contribution in [0.3, 0.4) is 0 Å². The molecule has 3 unspecified atom stereocenters. The van der Waals surface area contributed by atoms with E-state index in [-0.39, 0.29) is 24.9 Å². The first-order valence-corrected chi connectivity index (χ1v) is 29.7. The van der Waals surface area contributed by atoms with Crippen LogP contribution < -0.4 is 5.32 Å². The molecule has 0 bridgehead atoms. The summed E-state index contributed by atoms with van der Waals surface area (Å²) >= 11 is 0. The summed E-state index contributed by atoms with van der Waals surface area (Å²) in [5, 5.41) is 23.9. The molecule has 69 heavy (non-hydrogen) atoms. The number of rotatable bonds is 53. The summed E-state index contributed by atoms with van der Waals surface area (Å²) in [4.78, 5) is 26.3. The Labute approximate surface area is 428 Å². The SMILES string of the molecule is CCCCC/C=C\C/C=C\C/C=C\C/C=C\CCCC(CC(=O)NC(CO)C(O)CCCCCCCCCCCCCCCC)OC(=O)CCCCCCCCCCC/C=C\C/C=C\CCCCC. The summed E-state index contributed by atoms with van der Waals surface area (Å²) in [5.41, 5.74) is 0. The van der Waals surface area contributed by atoms with E-state index in [1.54, 1.807) is 0 Å². The Bertz CT molecular complexity index is 1270. The smallest absolute Gasteiger partial charge is 0.306 e. The zero-order valence-corrected chi connectivity index (χ0v) is 45.7. The minimum absolute atomic E-state index is 0.0370. The van der Waals surface area contributed by atoms with Crippen molar-refractivity contribution in [3.05, 3.63) is 72.9 Å². The first kappa shape index (κ1) is 66.3. The summed E-state index contributed by atoms with van der Waals surface area (Å²) in [6, 6.07) is -0.723. The van der Waals surface area contributed by atoms with Crippen molar-refractivity contribution in [1.29, 1.82) is 0 Å². The predicted octanol–water partition coefficient (Wildman–Crippen LogP) is 18.5. The number of unbranched alkanes of at least 4 members (excludes halogenated alkanes) is 29. The molecule has 3 N–H and O–H groups in total. The van der Waals surface area contributed by atoms with Crippen molar-refractivity contribution in [3.63, 3.8) is 0 Å². The molecular weight excluding hydrogens is 851 g/mol. The highest BCUT2D eigenvalue weighted by molar-refractivity contribution is 5.77. The lowest BCUT2D eigenvalue weighted by atomic mass is 10.0. The summed E-state index contributed by atoms with van der Waals surface area (Å²) in [7, 11) is 0. The topological polar surface area (TPSA) is 95.9 Å². The largest absolute Gasteiger partial charge is 0.462 e. The van der Waals surface area contributed by atoms with Crippen molar-refractivity contribution in [1.82, 2.24) is 5.32 Å². The van der Waals surface area contributed by atoms with Crippen LogP contribution in [0.25, 0.3) is 0 Å². The van der Waals surface area contributed by atoms with Gasteiger partial charge in [0.15, 0.2) is 0 Å². The van der Waals surface area contributed by atoms with E-state index in [1.165, 1.54) is 167 Å².